The Morgan fingerprint density at radius 1 is 1.08 bits per heavy atom. The second-order valence-corrected chi connectivity index (χ2v) is 4.33. The van der Waals surface area contributed by atoms with Crippen LogP contribution in [0.25, 0.3) is 0 Å². The molecule has 0 aromatic heterocycles. The van der Waals surface area contributed by atoms with Crippen molar-refractivity contribution in [2.75, 3.05) is 13.1 Å². The molecule has 2 fully saturated rings. The van der Waals surface area contributed by atoms with E-state index in [1.165, 1.54) is 0 Å². The maximum absolute atomic E-state index is 12.6. The second kappa shape index (κ2) is 3.17. The summed E-state index contributed by atoms with van der Waals surface area (Å²) < 4.78 is 25.1. The smallest absolute Gasteiger partial charge is 0.272 e. The summed E-state index contributed by atoms with van der Waals surface area (Å²) in [6.07, 6.45) is 3.98. The molecule has 0 aromatic carbocycles. The Bertz CT molecular complexity index is 180. The summed E-state index contributed by atoms with van der Waals surface area (Å²) in [4.78, 5) is 1.89. The first-order chi connectivity index (χ1) is 6.07. The quantitative estimate of drug-likeness (QED) is 0.673. The molecule has 4 heteroatoms. The van der Waals surface area contributed by atoms with E-state index in [9.17, 15) is 8.78 Å². The molecule has 13 heavy (non-hydrogen) atoms. The average Bonchev–Trinajstić information content (AvgIpc) is 2.01. The van der Waals surface area contributed by atoms with Crippen LogP contribution < -0.4 is 5.73 Å². The van der Waals surface area contributed by atoms with Crippen molar-refractivity contribution in [3.05, 3.63) is 0 Å². The fraction of sp³-hybridized carbons (Fsp3) is 1.00. The van der Waals surface area contributed by atoms with Gasteiger partial charge in [0.2, 0.25) is 0 Å². The van der Waals surface area contributed by atoms with Crippen molar-refractivity contribution in [2.45, 2.75) is 43.7 Å². The van der Waals surface area contributed by atoms with Gasteiger partial charge in [0.25, 0.3) is 5.92 Å². The molecule has 2 N–H and O–H groups in total. The predicted octanol–water partition coefficient (Wildman–Crippen LogP) is 1.21. The largest absolute Gasteiger partial charge is 0.328 e. The van der Waals surface area contributed by atoms with Gasteiger partial charge in [-0.15, -0.1) is 0 Å². The molecule has 0 radical (unpaired) electrons. The third-order valence-electron chi connectivity index (χ3n) is 3.13. The number of nitrogens with zero attached hydrogens (tertiary/aromatic N) is 1. The topological polar surface area (TPSA) is 29.3 Å². The van der Waals surface area contributed by atoms with E-state index >= 15 is 0 Å². The Labute approximate surface area is 77.1 Å². The summed E-state index contributed by atoms with van der Waals surface area (Å²) in [6, 6.07) is 0.678. The molecule has 2 aliphatic rings. The summed E-state index contributed by atoms with van der Waals surface area (Å²) in [5.41, 5.74) is 5.74. The van der Waals surface area contributed by atoms with Crippen molar-refractivity contribution in [2.24, 2.45) is 5.73 Å². The van der Waals surface area contributed by atoms with Crippen LogP contribution in [0.2, 0.25) is 0 Å². The number of alkyl halides is 2. The fourth-order valence-electron chi connectivity index (χ4n) is 2.27. The second-order valence-electron chi connectivity index (χ2n) is 4.33. The van der Waals surface area contributed by atoms with Crippen molar-refractivity contribution >= 4 is 0 Å². The lowest BCUT2D eigenvalue weighted by Gasteiger charge is -2.45. The number of nitrogens with two attached hydrogens (primary N) is 1. The fourth-order valence-corrected chi connectivity index (χ4v) is 2.27. The van der Waals surface area contributed by atoms with Crippen molar-refractivity contribution in [3.63, 3.8) is 0 Å². The summed E-state index contributed by atoms with van der Waals surface area (Å²) in [6.45, 7) is -0.0696. The SMILES string of the molecule is N[C@H]1CC[C@@H](N2CC(F)(F)C2)CC1. The normalized spacial score (nSPS) is 39.9. The van der Waals surface area contributed by atoms with Gasteiger partial charge in [-0.2, -0.15) is 0 Å². The van der Waals surface area contributed by atoms with Crippen LogP contribution >= 0.6 is 0 Å². The van der Waals surface area contributed by atoms with Crippen molar-refractivity contribution in [1.82, 2.24) is 4.90 Å². The zero-order valence-electron chi connectivity index (χ0n) is 7.68. The van der Waals surface area contributed by atoms with Crippen LogP contribution in [0.15, 0.2) is 0 Å². The van der Waals surface area contributed by atoms with E-state index in [0.29, 0.717) is 12.1 Å². The van der Waals surface area contributed by atoms with Gasteiger partial charge in [-0.25, -0.2) is 8.78 Å². The molecule has 2 nitrogen and oxygen atoms in total. The van der Waals surface area contributed by atoms with E-state index in [-0.39, 0.29) is 13.1 Å². The molecule has 1 aliphatic heterocycles. The maximum Gasteiger partial charge on any atom is 0.272 e. The standard InChI is InChI=1S/C9H16F2N2/c10-9(11)5-13(6-9)8-3-1-7(12)2-4-8/h7-8H,1-6,12H2/t7-,8+. The minimum atomic E-state index is -2.42. The molecule has 0 unspecified atom stereocenters. The van der Waals surface area contributed by atoms with E-state index < -0.39 is 5.92 Å². The Morgan fingerprint density at radius 3 is 2.08 bits per heavy atom. The van der Waals surface area contributed by atoms with Crippen molar-refractivity contribution in [3.8, 4) is 0 Å². The van der Waals surface area contributed by atoms with Gasteiger partial charge in [-0.05, 0) is 25.7 Å². The lowest BCUT2D eigenvalue weighted by molar-refractivity contribution is -0.149. The molecule has 1 heterocycles. The first kappa shape index (κ1) is 9.34. The summed E-state index contributed by atoms with van der Waals surface area (Å²) in [7, 11) is 0. The first-order valence-electron chi connectivity index (χ1n) is 4.94. The lowest BCUT2D eigenvalue weighted by Crippen LogP contribution is -2.60. The van der Waals surface area contributed by atoms with Crippen LogP contribution in [0.1, 0.15) is 25.7 Å². The molecule has 0 spiro atoms. The zero-order chi connectivity index (χ0) is 9.47. The third kappa shape index (κ3) is 1.99. The Kier molecular flexibility index (Phi) is 2.28. The Morgan fingerprint density at radius 2 is 1.62 bits per heavy atom. The third-order valence-corrected chi connectivity index (χ3v) is 3.13. The summed E-state index contributed by atoms with van der Waals surface area (Å²) in [5.74, 6) is -2.42. The van der Waals surface area contributed by atoms with Gasteiger partial charge in [0.05, 0.1) is 13.1 Å². The average molecular weight is 190 g/mol. The highest BCUT2D eigenvalue weighted by Crippen LogP contribution is 2.33. The van der Waals surface area contributed by atoms with Gasteiger partial charge in [-0.3, -0.25) is 4.90 Å². The Balaban J connectivity index is 1.78. The van der Waals surface area contributed by atoms with Crippen LogP contribution in [0.4, 0.5) is 8.78 Å². The highest BCUT2D eigenvalue weighted by Gasteiger charge is 2.46. The predicted molar refractivity (Wildman–Crippen MR) is 46.8 cm³/mol. The van der Waals surface area contributed by atoms with Gasteiger partial charge in [0.1, 0.15) is 0 Å². The van der Waals surface area contributed by atoms with E-state index in [1.807, 2.05) is 4.90 Å². The monoisotopic (exact) mass is 190 g/mol. The minimum absolute atomic E-state index is 0.0348. The van der Waals surface area contributed by atoms with Crippen molar-refractivity contribution in [1.29, 1.82) is 0 Å². The molecular weight excluding hydrogens is 174 g/mol. The van der Waals surface area contributed by atoms with E-state index in [1.54, 1.807) is 0 Å². The van der Waals surface area contributed by atoms with E-state index in [4.69, 9.17) is 5.73 Å². The molecule has 2 rings (SSSR count). The molecule has 0 aromatic rings. The number of halogens is 2. The number of hydrogen-bond acceptors (Lipinski definition) is 2. The Hall–Kier alpha value is -0.220. The lowest BCUT2D eigenvalue weighted by atomic mass is 9.89. The van der Waals surface area contributed by atoms with E-state index in [0.717, 1.165) is 25.7 Å². The van der Waals surface area contributed by atoms with Crippen LogP contribution in [-0.2, 0) is 0 Å². The molecule has 0 atom stereocenters. The first-order valence-corrected chi connectivity index (χ1v) is 4.94. The zero-order valence-corrected chi connectivity index (χ0v) is 7.68. The summed E-state index contributed by atoms with van der Waals surface area (Å²) in [5, 5.41) is 0. The molecule has 0 amide bonds. The number of hydrogen-bond donors (Lipinski definition) is 1. The summed E-state index contributed by atoms with van der Waals surface area (Å²) >= 11 is 0. The highest BCUT2D eigenvalue weighted by atomic mass is 19.3. The van der Waals surface area contributed by atoms with Crippen LogP contribution in [0.5, 0.6) is 0 Å². The number of rotatable bonds is 1. The molecule has 0 bridgehead atoms. The maximum atomic E-state index is 12.6. The highest BCUT2D eigenvalue weighted by molar-refractivity contribution is 4.93. The van der Waals surface area contributed by atoms with E-state index in [2.05, 4.69) is 0 Å². The van der Waals surface area contributed by atoms with Gasteiger partial charge in [0.15, 0.2) is 0 Å². The van der Waals surface area contributed by atoms with Gasteiger partial charge < -0.3 is 5.73 Å². The molecule has 76 valence electrons. The molecule has 1 saturated carbocycles. The molecule has 1 saturated heterocycles. The van der Waals surface area contributed by atoms with Crippen LogP contribution in [-0.4, -0.2) is 36.0 Å². The van der Waals surface area contributed by atoms with Crippen LogP contribution in [0, 0.1) is 0 Å². The van der Waals surface area contributed by atoms with Gasteiger partial charge in [0, 0.05) is 12.1 Å². The van der Waals surface area contributed by atoms with Gasteiger partial charge in [-0.1, -0.05) is 0 Å². The van der Waals surface area contributed by atoms with Gasteiger partial charge >= 0.3 is 0 Å². The molecule has 1 aliphatic carbocycles. The number of likely N-dealkylation sites (tertiary alicyclic amines) is 1. The van der Waals surface area contributed by atoms with Crippen molar-refractivity contribution < 1.29 is 8.78 Å². The van der Waals surface area contributed by atoms with Crippen LogP contribution in [0.3, 0.4) is 0 Å². The molecular formula is C9H16F2N2. The minimum Gasteiger partial charge on any atom is -0.328 e.